The highest BCUT2D eigenvalue weighted by Gasteiger charge is 2.21. The maximum Gasteiger partial charge on any atom is 0.197 e. The second kappa shape index (κ2) is 6.10. The van der Waals surface area contributed by atoms with E-state index in [1.165, 1.54) is 0 Å². The summed E-state index contributed by atoms with van der Waals surface area (Å²) in [5.41, 5.74) is 4.24. The van der Waals surface area contributed by atoms with Crippen LogP contribution >= 0.6 is 0 Å². The molecule has 0 aliphatic carbocycles. The molecule has 4 aromatic rings. The summed E-state index contributed by atoms with van der Waals surface area (Å²) in [6, 6.07) is 9.49. The minimum absolute atomic E-state index is 0.481. The van der Waals surface area contributed by atoms with Crippen molar-refractivity contribution in [1.82, 2.24) is 20.3 Å². The molecule has 0 atom stereocenters. The number of rotatable bonds is 3. The molecular weight excluding hydrogens is 344 g/mol. The lowest BCUT2D eigenvalue weighted by Gasteiger charge is -2.08. The van der Waals surface area contributed by atoms with Gasteiger partial charge in [0.25, 0.3) is 0 Å². The van der Waals surface area contributed by atoms with E-state index in [9.17, 15) is 0 Å². The second-order valence-corrected chi connectivity index (χ2v) is 6.05. The molecule has 27 heavy (non-hydrogen) atoms. The zero-order valence-electron chi connectivity index (χ0n) is 14.0. The first-order valence-electron chi connectivity index (χ1n) is 8.33. The molecule has 1 aliphatic heterocycles. The fourth-order valence-electron chi connectivity index (χ4n) is 3.21. The quantitative estimate of drug-likeness (QED) is 0.381. The molecule has 1 aliphatic rings. The van der Waals surface area contributed by atoms with E-state index in [4.69, 9.17) is 9.62 Å². The van der Waals surface area contributed by atoms with Crippen molar-refractivity contribution in [3.05, 3.63) is 66.2 Å². The van der Waals surface area contributed by atoms with Crippen LogP contribution in [0.2, 0.25) is 0 Å². The largest absolute Gasteiger partial charge is 0.449 e. The Hall–Kier alpha value is -3.94. The van der Waals surface area contributed by atoms with Crippen molar-refractivity contribution < 1.29 is 9.62 Å². The van der Waals surface area contributed by atoms with Crippen molar-refractivity contribution in [1.29, 1.82) is 0 Å². The van der Waals surface area contributed by atoms with Crippen molar-refractivity contribution >= 4 is 28.2 Å². The van der Waals surface area contributed by atoms with Crippen LogP contribution in [0.3, 0.4) is 0 Å². The Labute approximate surface area is 153 Å². The average molecular weight is 358 g/mol. The number of pyridine rings is 1. The molecule has 4 heterocycles. The van der Waals surface area contributed by atoms with E-state index in [0.29, 0.717) is 29.5 Å². The summed E-state index contributed by atoms with van der Waals surface area (Å²) in [6.45, 7) is 0.606. The summed E-state index contributed by atoms with van der Waals surface area (Å²) in [6.07, 6.45) is 6.74. The van der Waals surface area contributed by atoms with Crippen molar-refractivity contribution in [2.75, 3.05) is 5.32 Å². The Balaban J connectivity index is 1.61. The lowest BCUT2D eigenvalue weighted by molar-refractivity contribution is 0.317. The molecule has 3 aromatic heterocycles. The Morgan fingerprint density at radius 3 is 2.89 bits per heavy atom. The van der Waals surface area contributed by atoms with E-state index >= 15 is 0 Å². The van der Waals surface area contributed by atoms with E-state index in [-0.39, 0.29) is 0 Å². The number of furan rings is 1. The molecule has 8 heteroatoms. The molecule has 5 rings (SSSR count). The third kappa shape index (κ3) is 2.54. The van der Waals surface area contributed by atoms with Crippen LogP contribution in [-0.4, -0.2) is 26.0 Å². The smallest absolute Gasteiger partial charge is 0.197 e. The minimum atomic E-state index is 0.481. The molecule has 0 radical (unpaired) electrons. The topological polar surface area (TPSA) is 108 Å². The highest BCUT2D eigenvalue weighted by Crippen LogP contribution is 2.38. The molecular formula is C19H14N6O2. The average Bonchev–Trinajstić information content (AvgIpc) is 3.30. The van der Waals surface area contributed by atoms with Gasteiger partial charge in [-0.05, 0) is 35.9 Å². The normalized spacial score (nSPS) is 14.3. The van der Waals surface area contributed by atoms with Crippen LogP contribution in [0.5, 0.6) is 0 Å². The van der Waals surface area contributed by atoms with Gasteiger partial charge in [-0.2, -0.15) is 0 Å². The van der Waals surface area contributed by atoms with Gasteiger partial charge in [0, 0.05) is 41.8 Å². The van der Waals surface area contributed by atoms with Gasteiger partial charge in [0.2, 0.25) is 0 Å². The molecule has 1 aromatic carbocycles. The maximum atomic E-state index is 9.05. The number of nitrogens with zero attached hydrogens (tertiary/aromatic N) is 4. The summed E-state index contributed by atoms with van der Waals surface area (Å²) in [4.78, 5) is 12.7. The van der Waals surface area contributed by atoms with Crippen LogP contribution in [0.4, 0.5) is 11.4 Å². The van der Waals surface area contributed by atoms with Crippen molar-refractivity contribution in [2.24, 2.45) is 5.16 Å². The van der Waals surface area contributed by atoms with Crippen molar-refractivity contribution in [3.8, 4) is 11.6 Å². The van der Waals surface area contributed by atoms with E-state index < -0.39 is 0 Å². The van der Waals surface area contributed by atoms with Gasteiger partial charge < -0.3 is 20.3 Å². The highest BCUT2D eigenvalue weighted by molar-refractivity contribution is 6.03. The lowest BCUT2D eigenvalue weighted by Crippen LogP contribution is -2.14. The Bertz CT molecular complexity index is 1170. The van der Waals surface area contributed by atoms with Gasteiger partial charge >= 0.3 is 0 Å². The van der Waals surface area contributed by atoms with Crippen LogP contribution in [-0.2, 0) is 6.54 Å². The van der Waals surface area contributed by atoms with Gasteiger partial charge in [0.15, 0.2) is 23.0 Å². The van der Waals surface area contributed by atoms with E-state index in [0.717, 1.165) is 27.9 Å². The lowest BCUT2D eigenvalue weighted by atomic mass is 10.1. The molecule has 0 spiro atoms. The summed E-state index contributed by atoms with van der Waals surface area (Å²) in [5.74, 6) is 1.53. The Morgan fingerprint density at radius 2 is 2.04 bits per heavy atom. The van der Waals surface area contributed by atoms with E-state index in [1.807, 2.05) is 24.3 Å². The number of nitrogens with one attached hydrogen (secondary N) is 2. The zero-order valence-corrected chi connectivity index (χ0v) is 14.0. The maximum absolute atomic E-state index is 9.05. The predicted molar refractivity (Wildman–Crippen MR) is 99.9 cm³/mol. The number of oxime groups is 1. The first kappa shape index (κ1) is 15.3. The molecule has 0 unspecified atom stereocenters. The fraction of sp³-hybridized carbons (Fsp3) is 0.0526. The number of benzene rings is 1. The van der Waals surface area contributed by atoms with Crippen LogP contribution in [0.1, 0.15) is 11.1 Å². The Morgan fingerprint density at radius 1 is 1.15 bits per heavy atom. The monoisotopic (exact) mass is 358 g/mol. The molecule has 0 bridgehead atoms. The standard InChI is InChI=1S/C19H14N6O2/c26-25-18-13-3-2-12(8-11(13)9-23-18)24-16-14-4-7-20-10-15(14)27-17(16)19-21-5-1-6-22-19/h1-8,10,24,26H,9H2,(H,23,25). The fourth-order valence-corrected chi connectivity index (χ4v) is 3.21. The van der Waals surface area contributed by atoms with Crippen molar-refractivity contribution in [3.63, 3.8) is 0 Å². The number of fused-ring (bicyclic) bond motifs is 2. The predicted octanol–water partition coefficient (Wildman–Crippen LogP) is 3.27. The molecule has 8 nitrogen and oxygen atoms in total. The summed E-state index contributed by atoms with van der Waals surface area (Å²) >= 11 is 0. The van der Waals surface area contributed by atoms with Gasteiger partial charge in [0.1, 0.15) is 0 Å². The summed E-state index contributed by atoms with van der Waals surface area (Å²) < 4.78 is 5.97. The molecule has 0 saturated carbocycles. The SMILES string of the molecule is O/N=C1\NCc2cc(Nc3c(-c4ncccn4)oc4cnccc34)ccc21. The van der Waals surface area contributed by atoms with Crippen LogP contribution in [0, 0.1) is 0 Å². The molecule has 132 valence electrons. The van der Waals surface area contributed by atoms with Crippen LogP contribution in [0.25, 0.3) is 22.6 Å². The van der Waals surface area contributed by atoms with Gasteiger partial charge in [-0.1, -0.05) is 5.16 Å². The zero-order chi connectivity index (χ0) is 18.2. The Kier molecular flexibility index (Phi) is 3.46. The number of amidine groups is 1. The summed E-state index contributed by atoms with van der Waals surface area (Å²) in [5, 5.41) is 19.7. The van der Waals surface area contributed by atoms with E-state index in [1.54, 1.807) is 30.9 Å². The third-order valence-corrected chi connectivity index (χ3v) is 4.44. The van der Waals surface area contributed by atoms with E-state index in [2.05, 4.69) is 30.7 Å². The molecule has 3 N–H and O–H groups in total. The highest BCUT2D eigenvalue weighted by atomic mass is 16.4. The minimum Gasteiger partial charge on any atom is -0.449 e. The molecule has 0 saturated heterocycles. The van der Waals surface area contributed by atoms with Crippen molar-refractivity contribution in [2.45, 2.75) is 6.54 Å². The number of anilines is 2. The van der Waals surface area contributed by atoms with Gasteiger partial charge in [-0.3, -0.25) is 4.98 Å². The summed E-state index contributed by atoms with van der Waals surface area (Å²) in [7, 11) is 0. The van der Waals surface area contributed by atoms with Crippen LogP contribution < -0.4 is 10.6 Å². The third-order valence-electron chi connectivity index (χ3n) is 4.44. The molecule has 0 fully saturated rings. The first-order chi connectivity index (χ1) is 13.3. The number of hydrogen-bond acceptors (Lipinski definition) is 7. The number of hydrogen-bond donors (Lipinski definition) is 3. The first-order valence-corrected chi connectivity index (χ1v) is 8.33. The van der Waals surface area contributed by atoms with Gasteiger partial charge in [0.05, 0.1) is 11.9 Å². The number of aromatic nitrogens is 3. The van der Waals surface area contributed by atoms with Gasteiger partial charge in [-0.15, -0.1) is 0 Å². The molecule has 0 amide bonds. The van der Waals surface area contributed by atoms with Crippen LogP contribution in [0.15, 0.2) is 64.7 Å². The van der Waals surface area contributed by atoms with Gasteiger partial charge in [-0.25, -0.2) is 9.97 Å². The second-order valence-electron chi connectivity index (χ2n) is 6.05.